The van der Waals surface area contributed by atoms with Gasteiger partial charge in [-0.1, -0.05) is 36.4 Å². The molecule has 1 N–H and O–H groups in total. The average molecular weight is 210 g/mol. The predicted octanol–water partition coefficient (Wildman–Crippen LogP) is 2.69. The van der Waals surface area contributed by atoms with Gasteiger partial charge in [0, 0.05) is 12.4 Å². The molecule has 2 heterocycles. The first-order chi connectivity index (χ1) is 7.83. The maximum absolute atomic E-state index is 3.49. The number of rotatable bonds is 1. The van der Waals surface area contributed by atoms with E-state index < -0.39 is 0 Å². The fourth-order valence-corrected chi connectivity index (χ4v) is 2.06. The summed E-state index contributed by atoms with van der Waals surface area (Å²) in [6.07, 6.45) is 8.93. The third kappa shape index (κ3) is 1.52. The van der Waals surface area contributed by atoms with Crippen LogP contribution >= 0.6 is 0 Å². The summed E-state index contributed by atoms with van der Waals surface area (Å²) in [4.78, 5) is 2.21. The average Bonchev–Trinajstić information content (AvgIpc) is 2.73. The molecule has 0 bridgehead atoms. The van der Waals surface area contributed by atoms with Crippen LogP contribution in [0.1, 0.15) is 12.5 Å². The van der Waals surface area contributed by atoms with E-state index in [2.05, 4.69) is 66.0 Å². The number of allylic oxidation sites excluding steroid dienone is 2. The maximum Gasteiger partial charge on any atom is 0.122 e. The first kappa shape index (κ1) is 9.28. The van der Waals surface area contributed by atoms with E-state index in [9.17, 15) is 0 Å². The molecule has 0 aliphatic carbocycles. The molecule has 1 atom stereocenters. The molecule has 0 aromatic heterocycles. The van der Waals surface area contributed by atoms with Gasteiger partial charge >= 0.3 is 0 Å². The summed E-state index contributed by atoms with van der Waals surface area (Å²) in [6.45, 7) is 2.11. The molecule has 3 rings (SSSR count). The smallest absolute Gasteiger partial charge is 0.122 e. The molecular formula is C14H14N2. The first-order valence-corrected chi connectivity index (χ1v) is 5.51. The van der Waals surface area contributed by atoms with Crippen molar-refractivity contribution in [3.05, 3.63) is 66.0 Å². The van der Waals surface area contributed by atoms with Crippen molar-refractivity contribution in [2.24, 2.45) is 0 Å². The Labute approximate surface area is 95.6 Å². The molecule has 1 unspecified atom stereocenters. The van der Waals surface area contributed by atoms with Gasteiger partial charge in [-0.05, 0) is 24.1 Å². The van der Waals surface area contributed by atoms with Crippen LogP contribution in [-0.4, -0.2) is 11.1 Å². The van der Waals surface area contributed by atoms with Gasteiger partial charge in [0.15, 0.2) is 0 Å². The molecular weight excluding hydrogens is 196 g/mol. The van der Waals surface area contributed by atoms with E-state index in [4.69, 9.17) is 0 Å². The van der Waals surface area contributed by atoms with Gasteiger partial charge in [-0.2, -0.15) is 0 Å². The standard InChI is InChI=1S/C14H14N2/c1-11-7-8-14-15-13(10-16(14)9-11)12-5-3-2-4-6-12/h2-10,14-15H,1H3. The van der Waals surface area contributed by atoms with E-state index >= 15 is 0 Å². The fraction of sp³-hybridized carbons (Fsp3) is 0.143. The van der Waals surface area contributed by atoms with Gasteiger partial charge in [-0.15, -0.1) is 0 Å². The van der Waals surface area contributed by atoms with Crippen LogP contribution in [0, 0.1) is 0 Å². The number of hydrogen-bond donors (Lipinski definition) is 1. The fourth-order valence-electron chi connectivity index (χ4n) is 2.06. The van der Waals surface area contributed by atoms with Crippen molar-refractivity contribution in [2.75, 3.05) is 0 Å². The van der Waals surface area contributed by atoms with Crippen molar-refractivity contribution in [1.82, 2.24) is 10.2 Å². The molecule has 16 heavy (non-hydrogen) atoms. The zero-order chi connectivity index (χ0) is 11.0. The Hall–Kier alpha value is -1.96. The Balaban J connectivity index is 1.91. The number of hydrogen-bond acceptors (Lipinski definition) is 2. The Bertz CT molecular complexity index is 483. The van der Waals surface area contributed by atoms with Gasteiger partial charge in [-0.3, -0.25) is 0 Å². The van der Waals surface area contributed by atoms with Gasteiger partial charge in [-0.25, -0.2) is 0 Å². The highest BCUT2D eigenvalue weighted by Gasteiger charge is 2.22. The zero-order valence-electron chi connectivity index (χ0n) is 9.22. The zero-order valence-corrected chi connectivity index (χ0v) is 9.22. The molecule has 80 valence electrons. The Kier molecular flexibility index (Phi) is 2.07. The molecule has 1 aromatic carbocycles. The van der Waals surface area contributed by atoms with Crippen LogP contribution in [0.2, 0.25) is 0 Å². The van der Waals surface area contributed by atoms with Crippen LogP contribution < -0.4 is 5.32 Å². The minimum Gasteiger partial charge on any atom is -0.360 e. The van der Waals surface area contributed by atoms with Crippen LogP contribution in [-0.2, 0) is 0 Å². The molecule has 2 heteroatoms. The Morgan fingerprint density at radius 2 is 1.94 bits per heavy atom. The number of nitrogens with zero attached hydrogens (tertiary/aromatic N) is 1. The molecule has 0 saturated carbocycles. The molecule has 0 radical (unpaired) electrons. The minimum absolute atomic E-state index is 0.277. The monoisotopic (exact) mass is 210 g/mol. The van der Waals surface area contributed by atoms with Crippen LogP contribution in [0.25, 0.3) is 5.70 Å². The highest BCUT2D eigenvalue weighted by molar-refractivity contribution is 5.66. The Morgan fingerprint density at radius 1 is 1.12 bits per heavy atom. The van der Waals surface area contributed by atoms with Crippen molar-refractivity contribution in [1.29, 1.82) is 0 Å². The van der Waals surface area contributed by atoms with Crippen molar-refractivity contribution < 1.29 is 0 Å². The van der Waals surface area contributed by atoms with E-state index in [-0.39, 0.29) is 6.17 Å². The van der Waals surface area contributed by atoms with Gasteiger partial charge in [0.1, 0.15) is 6.17 Å². The summed E-state index contributed by atoms with van der Waals surface area (Å²) >= 11 is 0. The first-order valence-electron chi connectivity index (χ1n) is 5.51. The summed E-state index contributed by atoms with van der Waals surface area (Å²) in [5.74, 6) is 0. The topological polar surface area (TPSA) is 15.3 Å². The van der Waals surface area contributed by atoms with E-state index in [1.165, 1.54) is 16.8 Å². The second kappa shape index (κ2) is 3.56. The molecule has 2 aliphatic heterocycles. The normalized spacial score (nSPS) is 22.3. The van der Waals surface area contributed by atoms with Gasteiger partial charge in [0.05, 0.1) is 5.70 Å². The molecule has 2 nitrogen and oxygen atoms in total. The van der Waals surface area contributed by atoms with E-state index in [0.717, 1.165) is 0 Å². The summed E-state index contributed by atoms with van der Waals surface area (Å²) in [5, 5.41) is 3.49. The summed E-state index contributed by atoms with van der Waals surface area (Å²) < 4.78 is 0. The lowest BCUT2D eigenvalue weighted by Crippen LogP contribution is -2.32. The maximum atomic E-state index is 3.49. The van der Waals surface area contributed by atoms with E-state index in [1.807, 2.05) is 6.07 Å². The SMILES string of the molecule is CC1=CN2C=C(c3ccccc3)NC2C=C1. The molecule has 0 saturated heterocycles. The second-order valence-electron chi connectivity index (χ2n) is 4.18. The van der Waals surface area contributed by atoms with E-state index in [1.54, 1.807) is 0 Å². The summed E-state index contributed by atoms with van der Waals surface area (Å²) in [5.41, 5.74) is 3.70. The lowest BCUT2D eigenvalue weighted by Gasteiger charge is -2.22. The predicted molar refractivity (Wildman–Crippen MR) is 66.1 cm³/mol. The minimum atomic E-state index is 0.277. The number of nitrogens with one attached hydrogen (secondary N) is 1. The molecule has 2 aliphatic rings. The molecule has 1 aromatic rings. The van der Waals surface area contributed by atoms with Gasteiger partial charge < -0.3 is 10.2 Å². The van der Waals surface area contributed by atoms with Crippen LogP contribution in [0.4, 0.5) is 0 Å². The second-order valence-corrected chi connectivity index (χ2v) is 4.18. The van der Waals surface area contributed by atoms with Crippen molar-refractivity contribution in [3.8, 4) is 0 Å². The van der Waals surface area contributed by atoms with E-state index in [0.29, 0.717) is 0 Å². The summed E-state index contributed by atoms with van der Waals surface area (Å²) in [7, 11) is 0. The van der Waals surface area contributed by atoms with Crippen molar-refractivity contribution >= 4 is 5.70 Å². The lowest BCUT2D eigenvalue weighted by molar-refractivity contribution is 0.424. The highest BCUT2D eigenvalue weighted by atomic mass is 15.3. The Morgan fingerprint density at radius 3 is 2.75 bits per heavy atom. The molecule has 0 fully saturated rings. The molecule has 0 amide bonds. The van der Waals surface area contributed by atoms with Gasteiger partial charge in [0.25, 0.3) is 0 Å². The van der Waals surface area contributed by atoms with Crippen molar-refractivity contribution in [3.63, 3.8) is 0 Å². The van der Waals surface area contributed by atoms with Crippen LogP contribution in [0.3, 0.4) is 0 Å². The largest absolute Gasteiger partial charge is 0.360 e. The van der Waals surface area contributed by atoms with Gasteiger partial charge in [0.2, 0.25) is 0 Å². The number of benzene rings is 1. The third-order valence-electron chi connectivity index (χ3n) is 2.88. The van der Waals surface area contributed by atoms with Crippen LogP contribution in [0.15, 0.2) is 60.5 Å². The summed E-state index contributed by atoms with van der Waals surface area (Å²) in [6, 6.07) is 10.4. The quantitative estimate of drug-likeness (QED) is 0.766. The van der Waals surface area contributed by atoms with Crippen LogP contribution in [0.5, 0.6) is 0 Å². The van der Waals surface area contributed by atoms with Crippen molar-refractivity contribution in [2.45, 2.75) is 13.1 Å². The highest BCUT2D eigenvalue weighted by Crippen LogP contribution is 2.24. The third-order valence-corrected chi connectivity index (χ3v) is 2.88. The lowest BCUT2D eigenvalue weighted by atomic mass is 10.2. The number of fused-ring (bicyclic) bond motifs is 1. The molecule has 0 spiro atoms.